The molecule has 2 heterocycles. The van der Waals surface area contributed by atoms with Gasteiger partial charge in [-0.25, -0.2) is 9.48 Å². The zero-order chi connectivity index (χ0) is 25.2. The molecule has 2 aromatic carbocycles. The summed E-state index contributed by atoms with van der Waals surface area (Å²) in [4.78, 5) is 25.7. The molecule has 1 N–H and O–H groups in total. The summed E-state index contributed by atoms with van der Waals surface area (Å²) in [5, 5.41) is 8.25. The summed E-state index contributed by atoms with van der Waals surface area (Å²) in [7, 11) is 1.38. The fraction of sp³-hybridized carbons (Fsp3) is 0.414. The molecule has 3 aromatic rings. The number of anilines is 1. The van der Waals surface area contributed by atoms with Crippen LogP contribution in [0.5, 0.6) is 0 Å². The normalized spacial score (nSPS) is 16.8. The minimum atomic E-state index is -0.362. The molecule has 0 spiro atoms. The Labute approximate surface area is 207 Å². The predicted molar refractivity (Wildman–Crippen MR) is 138 cm³/mol. The first-order chi connectivity index (χ1) is 16.7. The Bertz CT molecular complexity index is 1190. The van der Waals surface area contributed by atoms with E-state index in [-0.39, 0.29) is 28.7 Å². The van der Waals surface area contributed by atoms with Gasteiger partial charge in [0, 0.05) is 11.8 Å². The zero-order valence-corrected chi connectivity index (χ0v) is 21.3. The number of aromatic nitrogens is 2. The van der Waals surface area contributed by atoms with Crippen molar-refractivity contribution in [2.24, 2.45) is 0 Å². The summed E-state index contributed by atoms with van der Waals surface area (Å²) in [6, 6.07) is 17.9. The first-order valence-corrected chi connectivity index (χ1v) is 12.4. The number of rotatable bonds is 8. The number of carbonyl (C=O) groups is 2. The van der Waals surface area contributed by atoms with E-state index < -0.39 is 0 Å². The number of fused-ring (bicyclic) bond motifs is 1. The van der Waals surface area contributed by atoms with Gasteiger partial charge in [-0.1, -0.05) is 56.3 Å². The molecule has 0 saturated heterocycles. The van der Waals surface area contributed by atoms with Crippen LogP contribution in [-0.2, 0) is 15.7 Å². The highest BCUT2D eigenvalue weighted by atomic mass is 16.5. The Morgan fingerprint density at radius 3 is 2.34 bits per heavy atom. The molecule has 0 saturated carbocycles. The average Bonchev–Trinajstić information content (AvgIpc) is 3.32. The summed E-state index contributed by atoms with van der Waals surface area (Å²) in [6.07, 6.45) is 4.58. The minimum absolute atomic E-state index is 0.0732. The molecule has 0 radical (unpaired) electrons. The first kappa shape index (κ1) is 24.7. The SMILES string of the molecule is CCC(CC)(CC(=O)c1cnn2c1NC(c1ccccc1)CC2(C)C)c1ccc(C(=O)OC)cc1. The number of hydrogen-bond acceptors (Lipinski definition) is 5. The predicted octanol–water partition coefficient (Wildman–Crippen LogP) is 6.29. The van der Waals surface area contributed by atoms with E-state index in [0.717, 1.165) is 30.6 Å². The van der Waals surface area contributed by atoms with E-state index in [4.69, 9.17) is 4.74 Å². The standard InChI is InChI=1S/C29H35N3O3/c1-6-29(7-2,22-15-13-21(14-16-22)27(34)35-5)18-25(33)23-19-30-32-26(23)31-24(17-28(32,3)4)20-11-9-8-10-12-20/h8-16,19,24,31H,6-7,17-18H2,1-5H3. The van der Waals surface area contributed by atoms with Gasteiger partial charge in [0.25, 0.3) is 0 Å². The van der Waals surface area contributed by atoms with Crippen LogP contribution < -0.4 is 5.32 Å². The number of esters is 1. The van der Waals surface area contributed by atoms with Crippen LogP contribution in [0, 0.1) is 0 Å². The number of nitrogens with zero attached hydrogens (tertiary/aromatic N) is 2. The van der Waals surface area contributed by atoms with E-state index in [2.05, 4.69) is 50.2 Å². The fourth-order valence-electron chi connectivity index (χ4n) is 5.33. The van der Waals surface area contributed by atoms with E-state index in [1.165, 1.54) is 12.7 Å². The van der Waals surface area contributed by atoms with Crippen LogP contribution in [0.1, 0.15) is 91.3 Å². The van der Waals surface area contributed by atoms with Gasteiger partial charge < -0.3 is 10.1 Å². The number of hydrogen-bond donors (Lipinski definition) is 1. The molecule has 1 aliphatic heterocycles. The van der Waals surface area contributed by atoms with Gasteiger partial charge in [0.2, 0.25) is 0 Å². The van der Waals surface area contributed by atoms with Crippen LogP contribution in [0.4, 0.5) is 5.82 Å². The quantitative estimate of drug-likeness (QED) is 0.307. The van der Waals surface area contributed by atoms with Crippen molar-refractivity contribution in [3.05, 3.63) is 83.0 Å². The lowest BCUT2D eigenvalue weighted by molar-refractivity contribution is 0.0600. The van der Waals surface area contributed by atoms with Crippen molar-refractivity contribution in [2.45, 2.75) is 70.4 Å². The molecule has 0 aliphatic carbocycles. The van der Waals surface area contributed by atoms with Gasteiger partial charge in [-0.05, 0) is 56.4 Å². The number of nitrogens with one attached hydrogen (secondary N) is 1. The first-order valence-electron chi connectivity index (χ1n) is 12.4. The van der Waals surface area contributed by atoms with Crippen molar-refractivity contribution >= 4 is 17.6 Å². The molecule has 6 heteroatoms. The molecule has 1 atom stereocenters. The van der Waals surface area contributed by atoms with Gasteiger partial charge in [0.1, 0.15) is 5.82 Å². The Morgan fingerprint density at radius 1 is 1.09 bits per heavy atom. The van der Waals surface area contributed by atoms with Crippen LogP contribution in [0.3, 0.4) is 0 Å². The second-order valence-electron chi connectivity index (χ2n) is 10.1. The molecule has 35 heavy (non-hydrogen) atoms. The highest BCUT2D eigenvalue weighted by Gasteiger charge is 2.38. The van der Waals surface area contributed by atoms with Crippen molar-refractivity contribution in [3.8, 4) is 0 Å². The number of carbonyl (C=O) groups excluding carboxylic acids is 2. The Hall–Kier alpha value is -3.41. The molecular formula is C29H35N3O3. The topological polar surface area (TPSA) is 73.2 Å². The Balaban J connectivity index is 1.65. The highest BCUT2D eigenvalue weighted by Crippen LogP contribution is 2.42. The van der Waals surface area contributed by atoms with Gasteiger partial charge in [0.05, 0.1) is 36.0 Å². The molecule has 1 aromatic heterocycles. The Kier molecular flexibility index (Phi) is 6.84. The van der Waals surface area contributed by atoms with Crippen molar-refractivity contribution in [1.82, 2.24) is 9.78 Å². The molecule has 0 fully saturated rings. The fourth-order valence-corrected chi connectivity index (χ4v) is 5.33. The van der Waals surface area contributed by atoms with Crippen LogP contribution >= 0.6 is 0 Å². The van der Waals surface area contributed by atoms with E-state index in [1.54, 1.807) is 18.3 Å². The number of Topliss-reactive ketones (excluding diaryl/α,β-unsaturated/α-hetero) is 1. The van der Waals surface area contributed by atoms with E-state index in [1.807, 2.05) is 35.0 Å². The monoisotopic (exact) mass is 473 g/mol. The molecule has 184 valence electrons. The third kappa shape index (κ3) is 4.62. The number of ketones is 1. The maximum atomic E-state index is 13.8. The van der Waals surface area contributed by atoms with Gasteiger partial charge in [-0.15, -0.1) is 0 Å². The van der Waals surface area contributed by atoms with Crippen LogP contribution in [0.25, 0.3) is 0 Å². The second-order valence-corrected chi connectivity index (χ2v) is 10.1. The average molecular weight is 474 g/mol. The molecule has 1 aliphatic rings. The molecule has 0 bridgehead atoms. The van der Waals surface area contributed by atoms with E-state index in [0.29, 0.717) is 17.5 Å². The number of benzene rings is 2. The van der Waals surface area contributed by atoms with Crippen LogP contribution in [0.2, 0.25) is 0 Å². The summed E-state index contributed by atoms with van der Waals surface area (Å²) in [5.74, 6) is 0.505. The van der Waals surface area contributed by atoms with Gasteiger partial charge in [-0.2, -0.15) is 5.10 Å². The summed E-state index contributed by atoms with van der Waals surface area (Å²) < 4.78 is 6.79. The third-order valence-corrected chi connectivity index (χ3v) is 7.63. The lowest BCUT2D eigenvalue weighted by Crippen LogP contribution is -2.38. The van der Waals surface area contributed by atoms with Crippen molar-refractivity contribution < 1.29 is 14.3 Å². The van der Waals surface area contributed by atoms with Crippen LogP contribution in [-0.4, -0.2) is 28.6 Å². The Morgan fingerprint density at radius 2 is 1.74 bits per heavy atom. The van der Waals surface area contributed by atoms with Crippen molar-refractivity contribution in [1.29, 1.82) is 0 Å². The summed E-state index contributed by atoms with van der Waals surface area (Å²) in [6.45, 7) is 8.57. The number of ether oxygens (including phenoxy) is 1. The maximum absolute atomic E-state index is 13.8. The lowest BCUT2D eigenvalue weighted by atomic mass is 9.71. The summed E-state index contributed by atoms with van der Waals surface area (Å²) >= 11 is 0. The zero-order valence-electron chi connectivity index (χ0n) is 21.3. The van der Waals surface area contributed by atoms with E-state index in [9.17, 15) is 9.59 Å². The van der Waals surface area contributed by atoms with Gasteiger partial charge >= 0.3 is 5.97 Å². The largest absolute Gasteiger partial charge is 0.465 e. The van der Waals surface area contributed by atoms with Crippen LogP contribution in [0.15, 0.2) is 60.8 Å². The third-order valence-electron chi connectivity index (χ3n) is 7.63. The van der Waals surface area contributed by atoms with Crippen molar-refractivity contribution in [3.63, 3.8) is 0 Å². The maximum Gasteiger partial charge on any atom is 0.337 e. The van der Waals surface area contributed by atoms with E-state index >= 15 is 0 Å². The second kappa shape index (κ2) is 9.68. The smallest absolute Gasteiger partial charge is 0.337 e. The molecular weight excluding hydrogens is 438 g/mol. The molecule has 0 amide bonds. The number of methoxy groups -OCH3 is 1. The molecule has 4 rings (SSSR count). The molecule has 1 unspecified atom stereocenters. The lowest BCUT2D eigenvalue weighted by Gasteiger charge is -2.38. The highest BCUT2D eigenvalue weighted by molar-refractivity contribution is 6.01. The van der Waals surface area contributed by atoms with Gasteiger partial charge in [0.15, 0.2) is 5.78 Å². The van der Waals surface area contributed by atoms with Gasteiger partial charge in [-0.3, -0.25) is 4.79 Å². The van der Waals surface area contributed by atoms with Crippen molar-refractivity contribution in [2.75, 3.05) is 12.4 Å². The minimum Gasteiger partial charge on any atom is -0.465 e. The summed E-state index contributed by atoms with van der Waals surface area (Å²) in [5.41, 5.74) is 2.84. The molecule has 6 nitrogen and oxygen atoms in total.